The molecule has 3 heteroatoms. The Morgan fingerprint density at radius 3 is 2.05 bits per heavy atom. The molecule has 0 nitrogen and oxygen atoms in total. The first-order valence-electron chi connectivity index (χ1n) is 8.06. The number of hydrogen-bond donors (Lipinski definition) is 0. The molecule has 0 saturated heterocycles. The van der Waals surface area contributed by atoms with Gasteiger partial charge >= 0.3 is 0 Å². The largest absolute Gasteiger partial charge is 0.207 e. The van der Waals surface area contributed by atoms with E-state index in [1.54, 1.807) is 13.0 Å². The smallest absolute Gasteiger partial charge is 0.130 e. The molecule has 0 spiro atoms. The zero-order valence-electron chi connectivity index (χ0n) is 12.3. The van der Waals surface area contributed by atoms with E-state index in [9.17, 15) is 8.78 Å². The van der Waals surface area contributed by atoms with Crippen molar-refractivity contribution in [2.75, 3.05) is 0 Å². The highest BCUT2D eigenvalue weighted by atomic mass is 35.5. The number of alkyl halides is 1. The Hall–Kier alpha value is -0.630. The summed E-state index contributed by atoms with van der Waals surface area (Å²) >= 11 is 6.79. The van der Waals surface area contributed by atoms with Crippen molar-refractivity contribution in [3.63, 3.8) is 0 Å². The summed E-state index contributed by atoms with van der Waals surface area (Å²) in [6, 6.07) is 2.63. The van der Waals surface area contributed by atoms with Crippen molar-refractivity contribution < 1.29 is 8.78 Å². The maximum atomic E-state index is 14.2. The first-order chi connectivity index (χ1) is 9.97. The highest BCUT2D eigenvalue weighted by molar-refractivity contribution is 6.21. The Bertz CT molecular complexity index is 546. The molecule has 0 radical (unpaired) electrons. The van der Waals surface area contributed by atoms with Crippen LogP contribution in [0.5, 0.6) is 0 Å². The fourth-order valence-electron chi connectivity index (χ4n) is 5.69. The predicted molar refractivity (Wildman–Crippen MR) is 80.3 cm³/mol. The normalized spacial score (nSPS) is 38.8. The summed E-state index contributed by atoms with van der Waals surface area (Å²) in [5.74, 6) is 1.38. The van der Waals surface area contributed by atoms with E-state index >= 15 is 0 Å². The average Bonchev–Trinajstić information content (AvgIpc) is 2.40. The van der Waals surface area contributed by atoms with E-state index in [2.05, 4.69) is 0 Å². The monoisotopic (exact) mass is 310 g/mol. The maximum absolute atomic E-state index is 14.2. The molecule has 0 amide bonds. The van der Waals surface area contributed by atoms with Gasteiger partial charge in [-0.2, -0.15) is 0 Å². The first-order valence-corrected chi connectivity index (χ1v) is 8.50. The number of hydrogen-bond acceptors (Lipinski definition) is 0. The fraction of sp³-hybridized carbons (Fsp3) is 0.667. The third-order valence-corrected chi connectivity index (χ3v) is 6.87. The van der Waals surface area contributed by atoms with E-state index in [4.69, 9.17) is 11.6 Å². The van der Waals surface area contributed by atoms with Crippen molar-refractivity contribution in [1.82, 2.24) is 0 Å². The molecule has 0 aromatic heterocycles. The topological polar surface area (TPSA) is 0 Å². The molecule has 0 N–H and O–H groups in total. The highest BCUT2D eigenvalue weighted by Crippen LogP contribution is 2.65. The summed E-state index contributed by atoms with van der Waals surface area (Å²) in [6.45, 7) is 1.68. The van der Waals surface area contributed by atoms with Crippen LogP contribution in [-0.2, 0) is 0 Å². The molecule has 4 bridgehead atoms. The van der Waals surface area contributed by atoms with Gasteiger partial charge in [-0.25, -0.2) is 8.78 Å². The van der Waals surface area contributed by atoms with E-state index in [0.29, 0.717) is 11.1 Å². The lowest BCUT2D eigenvalue weighted by atomic mass is 9.48. The summed E-state index contributed by atoms with van der Waals surface area (Å²) < 4.78 is 27.7. The van der Waals surface area contributed by atoms with E-state index in [1.165, 1.54) is 19.3 Å². The van der Waals surface area contributed by atoms with Crippen molar-refractivity contribution in [2.24, 2.45) is 23.2 Å². The average molecular weight is 311 g/mol. The van der Waals surface area contributed by atoms with E-state index in [-0.39, 0.29) is 10.8 Å². The van der Waals surface area contributed by atoms with Gasteiger partial charge in [0.25, 0.3) is 0 Å². The van der Waals surface area contributed by atoms with Crippen LogP contribution in [0.25, 0.3) is 0 Å². The van der Waals surface area contributed by atoms with Gasteiger partial charge in [0.15, 0.2) is 0 Å². The van der Waals surface area contributed by atoms with Crippen LogP contribution >= 0.6 is 11.6 Å². The van der Waals surface area contributed by atoms with E-state index in [1.807, 2.05) is 0 Å². The molecule has 0 heterocycles. The van der Waals surface area contributed by atoms with Crippen LogP contribution in [0.15, 0.2) is 12.1 Å². The van der Waals surface area contributed by atoms with Gasteiger partial charge in [0, 0.05) is 11.6 Å². The lowest BCUT2D eigenvalue weighted by Crippen LogP contribution is -2.48. The van der Waals surface area contributed by atoms with Crippen LogP contribution in [0.3, 0.4) is 0 Å². The molecule has 0 aliphatic heterocycles. The molecule has 1 aromatic rings. The van der Waals surface area contributed by atoms with Crippen LogP contribution in [0.2, 0.25) is 0 Å². The van der Waals surface area contributed by atoms with Gasteiger partial charge < -0.3 is 0 Å². The van der Waals surface area contributed by atoms with Crippen molar-refractivity contribution in [2.45, 2.75) is 50.8 Å². The fourth-order valence-corrected chi connectivity index (χ4v) is 6.13. The third-order valence-electron chi connectivity index (χ3n) is 6.17. The van der Waals surface area contributed by atoms with Crippen LogP contribution in [0.1, 0.15) is 55.0 Å². The van der Waals surface area contributed by atoms with Gasteiger partial charge in [-0.3, -0.25) is 0 Å². The van der Waals surface area contributed by atoms with Crippen molar-refractivity contribution in [3.05, 3.63) is 34.9 Å². The zero-order chi connectivity index (χ0) is 14.8. The summed E-state index contributed by atoms with van der Waals surface area (Å²) in [7, 11) is 0. The lowest BCUT2D eigenvalue weighted by molar-refractivity contribution is -0.0556. The minimum Gasteiger partial charge on any atom is -0.207 e. The van der Waals surface area contributed by atoms with Gasteiger partial charge in [-0.1, -0.05) is 0 Å². The van der Waals surface area contributed by atoms with Crippen LogP contribution in [0.4, 0.5) is 8.78 Å². The van der Waals surface area contributed by atoms with Crippen LogP contribution in [0, 0.1) is 41.7 Å². The van der Waals surface area contributed by atoms with Gasteiger partial charge in [0.05, 0.1) is 5.38 Å². The Labute approximate surface area is 129 Å². The van der Waals surface area contributed by atoms with Crippen molar-refractivity contribution >= 4 is 11.6 Å². The molecular formula is C18H21ClF2. The van der Waals surface area contributed by atoms with Crippen LogP contribution in [-0.4, -0.2) is 0 Å². The molecule has 21 heavy (non-hydrogen) atoms. The Balaban J connectivity index is 1.71. The number of aryl methyl sites for hydroxylation is 1. The molecule has 5 rings (SSSR count). The first kappa shape index (κ1) is 14.0. The second-order valence-electron chi connectivity index (χ2n) is 7.77. The summed E-state index contributed by atoms with van der Waals surface area (Å²) in [5, 5.41) is -0.315. The molecule has 1 unspecified atom stereocenters. The summed E-state index contributed by atoms with van der Waals surface area (Å²) in [5.41, 5.74) is 1.04. The Kier molecular flexibility index (Phi) is 3.12. The molecule has 114 valence electrons. The number of halogens is 3. The lowest BCUT2D eigenvalue weighted by Gasteiger charge is -2.58. The second kappa shape index (κ2) is 4.68. The highest BCUT2D eigenvalue weighted by Gasteiger charge is 2.54. The molecule has 4 saturated carbocycles. The summed E-state index contributed by atoms with van der Waals surface area (Å²) in [6.07, 6.45) is 7.41. The summed E-state index contributed by atoms with van der Waals surface area (Å²) in [4.78, 5) is 0. The van der Waals surface area contributed by atoms with E-state index < -0.39 is 11.6 Å². The maximum Gasteiger partial charge on any atom is 0.130 e. The quantitative estimate of drug-likeness (QED) is 0.608. The Morgan fingerprint density at radius 2 is 1.52 bits per heavy atom. The van der Waals surface area contributed by atoms with Gasteiger partial charge in [-0.15, -0.1) is 11.6 Å². The molecule has 1 atom stereocenters. The second-order valence-corrected chi connectivity index (χ2v) is 8.20. The standard InChI is InChI=1S/C18H21ClF2/c1-10-2-14(16(21)6-15(10)20)17(19)18-7-11-3-12(8-18)5-13(4-11)9-18/h2,6,11-13,17H,3-5,7-9H2,1H3. The minimum absolute atomic E-state index is 0.0431. The molecule has 1 aromatic carbocycles. The van der Waals surface area contributed by atoms with Crippen molar-refractivity contribution in [1.29, 1.82) is 0 Å². The third kappa shape index (κ3) is 2.13. The molecule has 4 aliphatic rings. The zero-order valence-corrected chi connectivity index (χ0v) is 13.1. The van der Waals surface area contributed by atoms with Gasteiger partial charge in [0.2, 0.25) is 0 Å². The van der Waals surface area contributed by atoms with E-state index in [0.717, 1.165) is 43.1 Å². The van der Waals surface area contributed by atoms with Crippen LogP contribution < -0.4 is 0 Å². The molecular weight excluding hydrogens is 290 g/mol. The SMILES string of the molecule is Cc1cc(C(Cl)C23CC4CC(CC(C4)C2)C3)c(F)cc1F. The van der Waals surface area contributed by atoms with Crippen molar-refractivity contribution in [3.8, 4) is 0 Å². The van der Waals surface area contributed by atoms with Gasteiger partial charge in [0.1, 0.15) is 11.6 Å². The minimum atomic E-state index is -0.481. The molecule has 4 aliphatic carbocycles. The molecule has 4 fully saturated rings. The Morgan fingerprint density at radius 1 is 1.00 bits per heavy atom. The number of rotatable bonds is 2. The predicted octanol–water partition coefficient (Wildman–Crippen LogP) is 5.77. The number of benzene rings is 1. The van der Waals surface area contributed by atoms with Gasteiger partial charge in [-0.05, 0) is 80.2 Å².